The number of benzene rings is 2. The van der Waals surface area contributed by atoms with Gasteiger partial charge >= 0.3 is 6.18 Å². The topological polar surface area (TPSA) is 33.0 Å². The Balaban J connectivity index is 2.36. The van der Waals surface area contributed by atoms with E-state index in [0.29, 0.717) is 16.5 Å². The number of hydrogen-bond donors (Lipinski definition) is 0. The van der Waals surface area contributed by atoms with E-state index in [1.807, 2.05) is 6.07 Å². The lowest BCUT2D eigenvalue weighted by Gasteiger charge is -2.14. The molecule has 0 amide bonds. The first-order valence-corrected chi connectivity index (χ1v) is 7.00. The average molecular weight is 356 g/mol. The summed E-state index contributed by atoms with van der Waals surface area (Å²) in [5.74, 6) is -0.0250. The normalized spacial score (nSPS) is 11.0. The molecular weight excluding hydrogens is 347 g/mol. The Morgan fingerprint density at radius 3 is 2.29 bits per heavy atom. The molecule has 0 radical (unpaired) electrons. The van der Waals surface area contributed by atoms with Crippen molar-refractivity contribution in [2.24, 2.45) is 0 Å². The highest BCUT2D eigenvalue weighted by atomic mass is 79.9. The molecule has 0 N–H and O–H groups in total. The number of nitrogens with zero attached hydrogens (tertiary/aromatic N) is 1. The summed E-state index contributed by atoms with van der Waals surface area (Å²) in [5.41, 5.74) is 0.0892. The number of hydrogen-bond acceptors (Lipinski definition) is 2. The minimum Gasteiger partial charge on any atom is -0.457 e. The zero-order valence-corrected chi connectivity index (χ0v) is 12.2. The minimum atomic E-state index is -4.50. The predicted octanol–water partition coefficient (Wildman–Crippen LogP) is 5.26. The lowest BCUT2D eigenvalue weighted by molar-refractivity contribution is -0.138. The summed E-state index contributed by atoms with van der Waals surface area (Å²) in [6.07, 6.45) is -4.50. The SMILES string of the molecule is N#Cc1ccc(Oc2ccc(CBr)cc2C(F)(F)F)cc1. The molecule has 0 fully saturated rings. The molecule has 0 aliphatic rings. The molecule has 0 aliphatic carbocycles. The lowest BCUT2D eigenvalue weighted by Crippen LogP contribution is -2.07. The maximum atomic E-state index is 13.0. The van der Waals surface area contributed by atoms with Crippen LogP contribution in [0.3, 0.4) is 0 Å². The quantitative estimate of drug-likeness (QED) is 0.703. The summed E-state index contributed by atoms with van der Waals surface area (Å²) < 4.78 is 44.4. The third-order valence-corrected chi connectivity index (χ3v) is 3.36. The molecule has 0 aromatic heterocycles. The van der Waals surface area contributed by atoms with Crippen LogP contribution in [-0.4, -0.2) is 0 Å². The Kier molecular flexibility index (Phi) is 4.53. The summed E-state index contributed by atoms with van der Waals surface area (Å²) in [7, 11) is 0. The molecule has 2 aromatic carbocycles. The number of ether oxygens (including phenoxy) is 1. The van der Waals surface area contributed by atoms with Gasteiger partial charge in [-0.25, -0.2) is 0 Å². The summed E-state index contributed by atoms with van der Waals surface area (Å²) in [6.45, 7) is 0. The van der Waals surface area contributed by atoms with Crippen LogP contribution in [0.25, 0.3) is 0 Å². The van der Waals surface area contributed by atoms with E-state index in [-0.39, 0.29) is 11.5 Å². The van der Waals surface area contributed by atoms with E-state index in [1.54, 1.807) is 6.07 Å². The van der Waals surface area contributed by atoms with Gasteiger partial charge in [0.2, 0.25) is 0 Å². The molecule has 108 valence electrons. The zero-order chi connectivity index (χ0) is 15.5. The van der Waals surface area contributed by atoms with E-state index in [4.69, 9.17) is 10.00 Å². The van der Waals surface area contributed by atoms with Crippen molar-refractivity contribution in [2.75, 3.05) is 0 Å². The van der Waals surface area contributed by atoms with E-state index in [0.717, 1.165) is 6.07 Å². The highest BCUT2D eigenvalue weighted by molar-refractivity contribution is 9.08. The fourth-order valence-electron chi connectivity index (χ4n) is 1.70. The van der Waals surface area contributed by atoms with Crippen molar-refractivity contribution in [1.29, 1.82) is 5.26 Å². The van der Waals surface area contributed by atoms with E-state index >= 15 is 0 Å². The molecule has 0 bridgehead atoms. The Labute approximate surface area is 127 Å². The molecule has 0 atom stereocenters. The van der Waals surface area contributed by atoms with Gasteiger partial charge in [0.1, 0.15) is 11.5 Å². The minimum absolute atomic E-state index is 0.242. The second kappa shape index (κ2) is 6.19. The highest BCUT2D eigenvalue weighted by Crippen LogP contribution is 2.39. The number of halogens is 4. The maximum Gasteiger partial charge on any atom is 0.419 e. The van der Waals surface area contributed by atoms with Crippen molar-refractivity contribution >= 4 is 15.9 Å². The van der Waals surface area contributed by atoms with Crippen LogP contribution in [-0.2, 0) is 11.5 Å². The molecular formula is C15H9BrF3NO. The van der Waals surface area contributed by atoms with Crippen molar-refractivity contribution in [2.45, 2.75) is 11.5 Å². The summed E-state index contributed by atoms with van der Waals surface area (Å²) in [4.78, 5) is 0. The van der Waals surface area contributed by atoms with Crippen LogP contribution in [0, 0.1) is 11.3 Å². The molecule has 21 heavy (non-hydrogen) atoms. The van der Waals surface area contributed by atoms with Gasteiger partial charge in [-0.15, -0.1) is 0 Å². The van der Waals surface area contributed by atoms with Gasteiger partial charge in [0, 0.05) is 5.33 Å². The van der Waals surface area contributed by atoms with Crippen LogP contribution in [0.15, 0.2) is 42.5 Å². The van der Waals surface area contributed by atoms with E-state index < -0.39 is 11.7 Å². The van der Waals surface area contributed by atoms with Crippen LogP contribution in [0.5, 0.6) is 11.5 Å². The van der Waals surface area contributed by atoms with Gasteiger partial charge in [-0.05, 0) is 42.0 Å². The average Bonchev–Trinajstić information content (AvgIpc) is 2.47. The number of alkyl halides is 4. The van der Waals surface area contributed by atoms with E-state index in [2.05, 4.69) is 15.9 Å². The molecule has 0 unspecified atom stereocenters. The second-order valence-electron chi connectivity index (χ2n) is 4.20. The predicted molar refractivity (Wildman–Crippen MR) is 75.3 cm³/mol. The fraction of sp³-hybridized carbons (Fsp3) is 0.133. The maximum absolute atomic E-state index is 13.0. The molecule has 0 heterocycles. The lowest BCUT2D eigenvalue weighted by atomic mass is 10.1. The van der Waals surface area contributed by atoms with Gasteiger partial charge in [0.05, 0.1) is 17.2 Å². The summed E-state index contributed by atoms with van der Waals surface area (Å²) in [5, 5.41) is 9.01. The molecule has 0 saturated carbocycles. The van der Waals surface area contributed by atoms with Crippen molar-refractivity contribution in [1.82, 2.24) is 0 Å². The van der Waals surface area contributed by atoms with Crippen molar-refractivity contribution in [3.05, 3.63) is 59.2 Å². The largest absolute Gasteiger partial charge is 0.457 e. The monoisotopic (exact) mass is 355 g/mol. The van der Waals surface area contributed by atoms with Crippen LogP contribution in [0.4, 0.5) is 13.2 Å². The summed E-state index contributed by atoms with van der Waals surface area (Å²) >= 11 is 3.13. The first-order chi connectivity index (χ1) is 9.94. The standard InChI is InChI=1S/C15H9BrF3NO/c16-8-11-3-6-14(13(7-11)15(17,18)19)21-12-4-1-10(9-20)2-5-12/h1-7H,8H2. The van der Waals surface area contributed by atoms with Crippen molar-refractivity contribution in [3.8, 4) is 17.6 Å². The smallest absolute Gasteiger partial charge is 0.419 e. The van der Waals surface area contributed by atoms with Gasteiger partial charge in [-0.2, -0.15) is 18.4 Å². The first kappa shape index (κ1) is 15.4. The molecule has 0 saturated heterocycles. The molecule has 2 aromatic rings. The Bertz CT molecular complexity index is 675. The summed E-state index contributed by atoms with van der Waals surface area (Å²) in [6, 6.07) is 11.7. The van der Waals surface area contributed by atoms with Gasteiger partial charge in [0.25, 0.3) is 0 Å². The number of rotatable bonds is 3. The third-order valence-electron chi connectivity index (χ3n) is 2.71. The Morgan fingerprint density at radius 2 is 1.76 bits per heavy atom. The van der Waals surface area contributed by atoms with Crippen LogP contribution < -0.4 is 4.74 Å². The first-order valence-electron chi connectivity index (χ1n) is 5.88. The number of nitriles is 1. The van der Waals surface area contributed by atoms with Gasteiger partial charge in [0.15, 0.2) is 0 Å². The zero-order valence-electron chi connectivity index (χ0n) is 10.6. The Hall–Kier alpha value is -2.00. The van der Waals surface area contributed by atoms with Crippen LogP contribution in [0.2, 0.25) is 0 Å². The van der Waals surface area contributed by atoms with Crippen molar-refractivity contribution < 1.29 is 17.9 Å². The third kappa shape index (κ3) is 3.76. The van der Waals surface area contributed by atoms with Gasteiger partial charge in [-0.1, -0.05) is 22.0 Å². The van der Waals surface area contributed by atoms with E-state index in [1.165, 1.54) is 30.3 Å². The van der Waals surface area contributed by atoms with Crippen LogP contribution >= 0.6 is 15.9 Å². The highest BCUT2D eigenvalue weighted by Gasteiger charge is 2.34. The van der Waals surface area contributed by atoms with Gasteiger partial charge in [-0.3, -0.25) is 0 Å². The second-order valence-corrected chi connectivity index (χ2v) is 4.76. The van der Waals surface area contributed by atoms with E-state index in [9.17, 15) is 13.2 Å². The molecule has 2 rings (SSSR count). The molecule has 6 heteroatoms. The van der Waals surface area contributed by atoms with Crippen molar-refractivity contribution in [3.63, 3.8) is 0 Å². The molecule has 2 nitrogen and oxygen atoms in total. The fourth-order valence-corrected chi connectivity index (χ4v) is 2.04. The van der Waals surface area contributed by atoms with Gasteiger partial charge < -0.3 is 4.74 Å². The molecule has 0 aliphatic heterocycles. The van der Waals surface area contributed by atoms with Crippen LogP contribution in [0.1, 0.15) is 16.7 Å². The Morgan fingerprint density at radius 1 is 1.10 bits per heavy atom. The molecule has 0 spiro atoms.